The average Bonchev–Trinajstić information content (AvgIpc) is 2.60. The summed E-state index contributed by atoms with van der Waals surface area (Å²) in [5.41, 5.74) is 0. The van der Waals surface area contributed by atoms with Gasteiger partial charge in [-0.1, -0.05) is 39.5 Å². The third kappa shape index (κ3) is 17.5. The maximum atomic E-state index is 11.6. The zero-order valence-corrected chi connectivity index (χ0v) is 16.5. The predicted molar refractivity (Wildman–Crippen MR) is 99.4 cm³/mol. The highest BCUT2D eigenvalue weighted by Crippen LogP contribution is 2.11. The van der Waals surface area contributed by atoms with E-state index < -0.39 is 0 Å². The van der Waals surface area contributed by atoms with Crippen molar-refractivity contribution < 1.29 is 23.8 Å². The third-order valence-electron chi connectivity index (χ3n) is 4.17. The molecule has 0 aliphatic rings. The Kier molecular flexibility index (Phi) is 16.9. The minimum atomic E-state index is -0.0855. The number of carbonyl (C=O) groups is 2. The second-order valence-corrected chi connectivity index (χ2v) is 6.74. The molecule has 25 heavy (non-hydrogen) atoms. The van der Waals surface area contributed by atoms with E-state index in [1.54, 1.807) is 7.11 Å². The van der Waals surface area contributed by atoms with Crippen molar-refractivity contribution in [3.05, 3.63) is 0 Å². The summed E-state index contributed by atoms with van der Waals surface area (Å²) in [7, 11) is 1.70. The van der Waals surface area contributed by atoms with Gasteiger partial charge in [0, 0.05) is 26.6 Å². The van der Waals surface area contributed by atoms with E-state index in [9.17, 15) is 9.59 Å². The van der Waals surface area contributed by atoms with E-state index in [1.165, 1.54) is 0 Å². The second kappa shape index (κ2) is 17.7. The Morgan fingerprint density at radius 1 is 0.760 bits per heavy atom. The van der Waals surface area contributed by atoms with Crippen LogP contribution in [0.2, 0.25) is 0 Å². The van der Waals surface area contributed by atoms with E-state index >= 15 is 0 Å². The van der Waals surface area contributed by atoms with Crippen molar-refractivity contribution in [3.63, 3.8) is 0 Å². The van der Waals surface area contributed by atoms with E-state index in [-0.39, 0.29) is 11.9 Å². The fourth-order valence-corrected chi connectivity index (χ4v) is 2.44. The summed E-state index contributed by atoms with van der Waals surface area (Å²) < 4.78 is 15.3. The van der Waals surface area contributed by atoms with Gasteiger partial charge in [0.05, 0.1) is 13.2 Å². The topological polar surface area (TPSA) is 61.8 Å². The van der Waals surface area contributed by atoms with Gasteiger partial charge in [-0.15, -0.1) is 0 Å². The van der Waals surface area contributed by atoms with E-state index in [4.69, 9.17) is 14.2 Å². The molecule has 5 nitrogen and oxygen atoms in total. The van der Waals surface area contributed by atoms with Crippen molar-refractivity contribution in [1.29, 1.82) is 0 Å². The number of hydrogen-bond donors (Lipinski definition) is 0. The van der Waals surface area contributed by atoms with Crippen LogP contribution in [0.3, 0.4) is 0 Å². The largest absolute Gasteiger partial charge is 0.466 e. The average molecular weight is 359 g/mol. The van der Waals surface area contributed by atoms with Crippen molar-refractivity contribution in [2.75, 3.05) is 26.9 Å². The number of rotatable bonds is 17. The fourth-order valence-electron chi connectivity index (χ4n) is 2.44. The quantitative estimate of drug-likeness (QED) is 0.279. The van der Waals surface area contributed by atoms with Crippen LogP contribution in [0, 0.1) is 5.92 Å². The highest BCUT2D eigenvalue weighted by molar-refractivity contribution is 5.69. The molecule has 0 radical (unpaired) electrons. The molecule has 0 spiro atoms. The van der Waals surface area contributed by atoms with Crippen molar-refractivity contribution >= 4 is 11.9 Å². The zero-order chi connectivity index (χ0) is 18.8. The van der Waals surface area contributed by atoms with Crippen LogP contribution in [0.15, 0.2) is 0 Å². The smallest absolute Gasteiger partial charge is 0.305 e. The molecule has 0 aromatic rings. The minimum Gasteiger partial charge on any atom is -0.466 e. The lowest BCUT2D eigenvalue weighted by Crippen LogP contribution is -2.09. The summed E-state index contributed by atoms with van der Waals surface area (Å²) in [6.45, 7) is 5.94. The molecule has 1 atom stereocenters. The van der Waals surface area contributed by atoms with Gasteiger partial charge in [0.2, 0.25) is 0 Å². The SMILES string of the molecule is CCCOC(=O)CCCCCCCCC(=O)OCCC(C)CCOC. The van der Waals surface area contributed by atoms with E-state index in [0.717, 1.165) is 64.4 Å². The maximum absolute atomic E-state index is 11.6. The summed E-state index contributed by atoms with van der Waals surface area (Å²) in [6.07, 6.45) is 9.89. The van der Waals surface area contributed by atoms with Crippen LogP contribution in [0.25, 0.3) is 0 Å². The highest BCUT2D eigenvalue weighted by Gasteiger charge is 2.06. The van der Waals surface area contributed by atoms with Gasteiger partial charge in [-0.3, -0.25) is 9.59 Å². The minimum absolute atomic E-state index is 0.0823. The first kappa shape index (κ1) is 23.9. The molecule has 0 fully saturated rings. The molecule has 0 rings (SSSR count). The standard InChI is InChI=1S/C20H38O5/c1-4-15-24-19(21)11-9-7-5-6-8-10-12-20(22)25-17-14-18(2)13-16-23-3/h18H,4-17H2,1-3H3. The molecule has 0 heterocycles. The molecule has 0 aliphatic carbocycles. The summed E-state index contributed by atoms with van der Waals surface area (Å²) in [5, 5.41) is 0. The van der Waals surface area contributed by atoms with Crippen LogP contribution in [0.5, 0.6) is 0 Å². The van der Waals surface area contributed by atoms with E-state index in [0.29, 0.717) is 32.0 Å². The highest BCUT2D eigenvalue weighted by atomic mass is 16.5. The normalized spacial score (nSPS) is 12.0. The summed E-state index contributed by atoms with van der Waals surface area (Å²) in [4.78, 5) is 22.9. The Labute approximate surface area is 153 Å². The zero-order valence-electron chi connectivity index (χ0n) is 16.5. The van der Waals surface area contributed by atoms with Gasteiger partial charge >= 0.3 is 11.9 Å². The predicted octanol–water partition coefficient (Wildman–Crippen LogP) is 4.67. The molecule has 148 valence electrons. The molecule has 0 aromatic carbocycles. The van der Waals surface area contributed by atoms with Crippen LogP contribution < -0.4 is 0 Å². The van der Waals surface area contributed by atoms with Crippen molar-refractivity contribution in [1.82, 2.24) is 0 Å². The monoisotopic (exact) mass is 358 g/mol. The number of unbranched alkanes of at least 4 members (excludes halogenated alkanes) is 5. The van der Waals surface area contributed by atoms with Crippen LogP contribution in [0.1, 0.15) is 84.5 Å². The van der Waals surface area contributed by atoms with Gasteiger partial charge < -0.3 is 14.2 Å². The number of methoxy groups -OCH3 is 1. The van der Waals surface area contributed by atoms with Crippen molar-refractivity contribution in [2.24, 2.45) is 5.92 Å². The lowest BCUT2D eigenvalue weighted by atomic mass is 10.1. The lowest BCUT2D eigenvalue weighted by Gasteiger charge is -2.11. The molecule has 0 saturated carbocycles. The molecule has 0 bridgehead atoms. The summed E-state index contributed by atoms with van der Waals surface area (Å²) in [6, 6.07) is 0. The van der Waals surface area contributed by atoms with Crippen LogP contribution in [-0.4, -0.2) is 38.9 Å². The van der Waals surface area contributed by atoms with Gasteiger partial charge in [0.1, 0.15) is 0 Å². The third-order valence-corrected chi connectivity index (χ3v) is 4.17. The van der Waals surface area contributed by atoms with Gasteiger partial charge in [-0.25, -0.2) is 0 Å². The molecule has 0 amide bonds. The van der Waals surface area contributed by atoms with E-state index in [2.05, 4.69) is 6.92 Å². The summed E-state index contributed by atoms with van der Waals surface area (Å²) in [5.74, 6) is 0.353. The Balaban J connectivity index is 3.33. The number of ether oxygens (including phenoxy) is 3. The Morgan fingerprint density at radius 2 is 1.24 bits per heavy atom. The van der Waals surface area contributed by atoms with Gasteiger partial charge in [0.25, 0.3) is 0 Å². The van der Waals surface area contributed by atoms with Crippen LogP contribution in [0.4, 0.5) is 0 Å². The molecule has 0 saturated heterocycles. The molecule has 0 aromatic heterocycles. The first-order valence-electron chi connectivity index (χ1n) is 9.90. The molecule has 1 unspecified atom stereocenters. The Hall–Kier alpha value is -1.10. The number of carbonyl (C=O) groups excluding carboxylic acids is 2. The first-order chi connectivity index (χ1) is 12.1. The Bertz CT molecular complexity index is 330. The molecule has 0 aliphatic heterocycles. The van der Waals surface area contributed by atoms with Gasteiger partial charge in [-0.2, -0.15) is 0 Å². The van der Waals surface area contributed by atoms with Crippen molar-refractivity contribution in [3.8, 4) is 0 Å². The van der Waals surface area contributed by atoms with Crippen LogP contribution >= 0.6 is 0 Å². The van der Waals surface area contributed by atoms with Gasteiger partial charge in [-0.05, 0) is 38.0 Å². The molecular formula is C20H38O5. The molecule has 5 heteroatoms. The van der Waals surface area contributed by atoms with E-state index in [1.807, 2.05) is 6.92 Å². The molecular weight excluding hydrogens is 320 g/mol. The number of hydrogen-bond acceptors (Lipinski definition) is 5. The lowest BCUT2D eigenvalue weighted by molar-refractivity contribution is -0.145. The van der Waals surface area contributed by atoms with Crippen LogP contribution in [-0.2, 0) is 23.8 Å². The van der Waals surface area contributed by atoms with Crippen molar-refractivity contribution in [2.45, 2.75) is 84.5 Å². The van der Waals surface area contributed by atoms with Gasteiger partial charge in [0.15, 0.2) is 0 Å². The number of esters is 2. The fraction of sp³-hybridized carbons (Fsp3) is 0.900. The summed E-state index contributed by atoms with van der Waals surface area (Å²) >= 11 is 0. The molecule has 0 N–H and O–H groups in total. The second-order valence-electron chi connectivity index (χ2n) is 6.74. The maximum Gasteiger partial charge on any atom is 0.305 e. The first-order valence-corrected chi connectivity index (χ1v) is 9.90. The Morgan fingerprint density at radius 3 is 1.76 bits per heavy atom.